The Kier molecular flexibility index (Phi) is 14.1. The number of thioether (sulfide) groups is 1. The number of fused-ring (bicyclic) bond motifs is 1. The van der Waals surface area contributed by atoms with E-state index < -0.39 is 0 Å². The van der Waals surface area contributed by atoms with Gasteiger partial charge >= 0.3 is 0 Å². The third-order valence-electron chi connectivity index (χ3n) is 7.16. The highest BCUT2D eigenvalue weighted by Gasteiger charge is 2.47. The molecule has 1 atom stereocenters. The Morgan fingerprint density at radius 2 is 1.69 bits per heavy atom. The molecular formula is C36H50N2S. The summed E-state index contributed by atoms with van der Waals surface area (Å²) < 4.78 is 0. The van der Waals surface area contributed by atoms with Crippen LogP contribution in [-0.2, 0) is 11.8 Å². The third-order valence-corrected chi connectivity index (χ3v) is 8.63. The van der Waals surface area contributed by atoms with Crippen LogP contribution in [0.1, 0.15) is 96.4 Å². The molecule has 2 aliphatic rings. The molecule has 4 rings (SSSR count). The summed E-state index contributed by atoms with van der Waals surface area (Å²) in [5.74, 6) is 0.534. The number of nitrogens with two attached hydrogens (primary N) is 1. The van der Waals surface area contributed by atoms with Crippen LogP contribution in [-0.4, -0.2) is 6.21 Å². The van der Waals surface area contributed by atoms with Crippen molar-refractivity contribution >= 4 is 24.1 Å². The highest BCUT2D eigenvalue weighted by atomic mass is 32.2. The maximum absolute atomic E-state index is 8.30. The molecule has 1 fully saturated rings. The Bertz CT molecular complexity index is 1210. The first kappa shape index (κ1) is 34.0. The van der Waals surface area contributed by atoms with E-state index in [1.807, 2.05) is 13.8 Å². The van der Waals surface area contributed by atoms with Crippen molar-refractivity contribution in [2.75, 3.05) is 0 Å². The van der Waals surface area contributed by atoms with Gasteiger partial charge in [-0.15, -0.1) is 0 Å². The molecule has 2 aromatic rings. The fourth-order valence-corrected chi connectivity index (χ4v) is 6.32. The number of rotatable bonds is 9. The lowest BCUT2D eigenvalue weighted by Gasteiger charge is -2.22. The van der Waals surface area contributed by atoms with Crippen molar-refractivity contribution in [1.29, 1.82) is 5.41 Å². The Labute approximate surface area is 243 Å². The van der Waals surface area contributed by atoms with Crippen molar-refractivity contribution in [1.82, 2.24) is 0 Å². The molecule has 1 unspecified atom stereocenters. The fourth-order valence-electron chi connectivity index (χ4n) is 5.01. The molecule has 210 valence electrons. The van der Waals surface area contributed by atoms with E-state index >= 15 is 0 Å². The molecular weight excluding hydrogens is 492 g/mol. The second kappa shape index (κ2) is 16.2. The summed E-state index contributed by atoms with van der Waals surface area (Å²) in [5.41, 5.74) is 13.8. The number of hydrogen-bond donors (Lipinski definition) is 2. The molecule has 0 radical (unpaired) electrons. The van der Waals surface area contributed by atoms with Gasteiger partial charge in [0.15, 0.2) is 0 Å². The molecule has 0 spiro atoms. The Hall–Kier alpha value is -3.04. The van der Waals surface area contributed by atoms with Crippen LogP contribution in [0.2, 0.25) is 0 Å². The van der Waals surface area contributed by atoms with E-state index in [4.69, 9.17) is 5.41 Å². The second-order valence-corrected chi connectivity index (χ2v) is 11.0. The number of nitrogens with one attached hydrogen (secondary N) is 1. The predicted octanol–water partition coefficient (Wildman–Crippen LogP) is 10.7. The first-order chi connectivity index (χ1) is 18.3. The minimum absolute atomic E-state index is 0. The van der Waals surface area contributed by atoms with Crippen LogP contribution < -0.4 is 5.73 Å². The molecule has 2 nitrogen and oxygen atoms in total. The van der Waals surface area contributed by atoms with Crippen LogP contribution in [0.3, 0.4) is 0 Å². The average molecular weight is 543 g/mol. The molecule has 2 aromatic carbocycles. The molecule has 0 saturated heterocycles. The zero-order valence-corrected chi connectivity index (χ0v) is 25.1. The maximum atomic E-state index is 8.30. The van der Waals surface area contributed by atoms with Crippen molar-refractivity contribution in [3.05, 3.63) is 123 Å². The molecule has 39 heavy (non-hydrogen) atoms. The Morgan fingerprint density at radius 1 is 1.08 bits per heavy atom. The largest absolute Gasteiger partial charge is 0.405 e. The summed E-state index contributed by atoms with van der Waals surface area (Å²) >= 11 is 1.78. The second-order valence-electron chi connectivity index (χ2n) is 9.85. The molecule has 0 amide bonds. The first-order valence-electron chi connectivity index (χ1n) is 13.8. The topological polar surface area (TPSA) is 49.9 Å². The third kappa shape index (κ3) is 7.99. The van der Waals surface area contributed by atoms with Crippen molar-refractivity contribution in [3.8, 4) is 0 Å². The summed E-state index contributed by atoms with van der Waals surface area (Å²) in [6.45, 7) is 20.4. The molecule has 0 heterocycles. The van der Waals surface area contributed by atoms with Crippen molar-refractivity contribution < 1.29 is 0 Å². The average Bonchev–Trinajstić information content (AvgIpc) is 3.64. The molecule has 1 saturated carbocycles. The van der Waals surface area contributed by atoms with E-state index in [9.17, 15) is 0 Å². The normalized spacial score (nSPS) is 16.0. The van der Waals surface area contributed by atoms with Crippen LogP contribution in [0.25, 0.3) is 6.08 Å². The zero-order valence-electron chi connectivity index (χ0n) is 24.2. The maximum Gasteiger partial charge on any atom is 0.0261 e. The minimum atomic E-state index is 0. The summed E-state index contributed by atoms with van der Waals surface area (Å²) in [4.78, 5) is 2.38. The van der Waals surface area contributed by atoms with Crippen LogP contribution in [0.15, 0.2) is 100 Å². The fraction of sp³-hybridized carbons (Fsp3) is 0.361. The Balaban J connectivity index is 0.00000119. The smallest absolute Gasteiger partial charge is 0.0261 e. The van der Waals surface area contributed by atoms with Gasteiger partial charge in [0.05, 0.1) is 0 Å². The van der Waals surface area contributed by atoms with Gasteiger partial charge < -0.3 is 11.1 Å². The van der Waals surface area contributed by atoms with Gasteiger partial charge in [0.2, 0.25) is 0 Å². The number of hydrogen-bond acceptors (Lipinski definition) is 3. The van der Waals surface area contributed by atoms with Gasteiger partial charge in [-0.3, -0.25) is 0 Å². The molecule has 3 N–H and O–H groups in total. The van der Waals surface area contributed by atoms with Gasteiger partial charge in [0.25, 0.3) is 0 Å². The van der Waals surface area contributed by atoms with Crippen LogP contribution in [0, 0.1) is 5.41 Å². The summed E-state index contributed by atoms with van der Waals surface area (Å²) in [6, 6.07) is 17.5. The quantitative estimate of drug-likeness (QED) is 0.244. The summed E-state index contributed by atoms with van der Waals surface area (Å²) in [5, 5.41) is 8.30. The molecule has 0 bridgehead atoms. The van der Waals surface area contributed by atoms with Gasteiger partial charge in [-0.2, -0.15) is 0 Å². The molecule has 2 aliphatic carbocycles. The number of allylic oxidation sites excluding steroid dienone is 5. The molecule has 0 aliphatic heterocycles. The molecule has 3 heteroatoms. The van der Waals surface area contributed by atoms with E-state index in [2.05, 4.69) is 107 Å². The lowest BCUT2D eigenvalue weighted by molar-refractivity contribution is 0.817. The van der Waals surface area contributed by atoms with Crippen LogP contribution in [0.5, 0.6) is 0 Å². The van der Waals surface area contributed by atoms with E-state index in [0.717, 1.165) is 31.3 Å². The first-order valence-corrected chi connectivity index (χ1v) is 14.6. The van der Waals surface area contributed by atoms with Gasteiger partial charge in [-0.1, -0.05) is 125 Å². The predicted molar refractivity (Wildman–Crippen MR) is 179 cm³/mol. The van der Waals surface area contributed by atoms with E-state index in [1.54, 1.807) is 18.0 Å². The van der Waals surface area contributed by atoms with Crippen LogP contribution in [0.4, 0.5) is 0 Å². The highest BCUT2D eigenvalue weighted by molar-refractivity contribution is 8.07. The summed E-state index contributed by atoms with van der Waals surface area (Å²) in [6.07, 6.45) is 11.7. The number of benzene rings is 2. The van der Waals surface area contributed by atoms with Gasteiger partial charge in [-0.25, -0.2) is 0 Å². The van der Waals surface area contributed by atoms with Gasteiger partial charge in [0, 0.05) is 28.0 Å². The standard InChI is InChI=1S/C31H35NS.C2H5N.C2H6.CH4/c1-6-24-15-16-28-25(11-10-14-27(24)28)19-22(4)29(20-32)30(21(2)3)33-23(5)31(17-18-31)26-12-8-7-9-13-26;1-2-3;1-2;/h7-16,20,24,32H,5-6,17-19H2,1-4H3;2H,1,3H2;1-2H3;1H4/b29-22+,32-20?;;;. The van der Waals surface area contributed by atoms with Crippen LogP contribution >= 0.6 is 11.8 Å². The Morgan fingerprint density at radius 3 is 2.21 bits per heavy atom. The zero-order chi connectivity index (χ0) is 28.3. The molecule has 0 aromatic heterocycles. The highest BCUT2D eigenvalue weighted by Crippen LogP contribution is 2.58. The lowest BCUT2D eigenvalue weighted by atomic mass is 9.92. The van der Waals surface area contributed by atoms with Crippen molar-refractivity contribution in [2.45, 2.75) is 86.0 Å². The van der Waals surface area contributed by atoms with Crippen molar-refractivity contribution in [2.24, 2.45) is 5.73 Å². The SMILES string of the molecule is C.C=C(SC(=C(C)C)/C(C=N)=C(\C)Cc1cccc2c1C=CC2CC)C1(c2ccccc2)CC1.C=CN.CC. The van der Waals surface area contributed by atoms with Crippen molar-refractivity contribution in [3.63, 3.8) is 0 Å². The van der Waals surface area contributed by atoms with E-state index in [1.165, 1.54) is 49.4 Å². The monoisotopic (exact) mass is 542 g/mol. The lowest BCUT2D eigenvalue weighted by Crippen LogP contribution is -2.08. The summed E-state index contributed by atoms with van der Waals surface area (Å²) in [7, 11) is 0. The van der Waals surface area contributed by atoms with Gasteiger partial charge in [0.1, 0.15) is 0 Å². The van der Waals surface area contributed by atoms with E-state index in [-0.39, 0.29) is 12.8 Å². The van der Waals surface area contributed by atoms with E-state index in [0.29, 0.717) is 5.92 Å². The minimum Gasteiger partial charge on any atom is -0.405 e. The van der Waals surface area contributed by atoms with Gasteiger partial charge in [-0.05, 0) is 79.8 Å².